The highest BCUT2D eigenvalue weighted by Gasteiger charge is 2.19. The minimum absolute atomic E-state index is 0.111. The van der Waals surface area contributed by atoms with Crippen molar-refractivity contribution in [1.82, 2.24) is 0 Å². The second kappa shape index (κ2) is 65.5. The molecule has 0 rings (SSSR count). The second-order valence-electron chi connectivity index (χ2n) is 20.5. The molecule has 0 N–H and O–H groups in total. The van der Waals surface area contributed by atoms with Gasteiger partial charge in [0, 0.05) is 19.3 Å². The number of allylic oxidation sites excluding steroid dienone is 26. The molecule has 0 spiro atoms. The van der Waals surface area contributed by atoms with Crippen molar-refractivity contribution in [2.24, 2.45) is 0 Å². The van der Waals surface area contributed by atoms with Crippen molar-refractivity contribution in [3.8, 4) is 0 Å². The van der Waals surface area contributed by atoms with E-state index in [0.29, 0.717) is 19.3 Å². The molecule has 0 saturated carbocycles. The Morgan fingerprint density at radius 3 is 0.810 bits per heavy atom. The number of carbonyl (C=O) groups is 3. The maximum atomic E-state index is 12.9. The predicted molar refractivity (Wildman–Crippen MR) is 343 cm³/mol. The topological polar surface area (TPSA) is 78.9 Å². The standard InChI is InChI=1S/C73H116O6/c1-4-7-10-13-16-19-22-25-28-30-32-34-35-36-37-39-40-42-45-48-51-54-57-60-63-66-72(75)78-69-70(68-77-71(74)65-62-59-56-53-50-47-44-27-24-21-18-15-12-9-6-3)79-73(76)67-64-61-58-55-52-49-46-43-41-38-33-31-29-26-23-20-17-14-11-8-5-2/h7-8,10-11,16-17,19-20,25-29,32-34,36-38,40,42-44,46,52,55,70H,4-6,9,12-15,18,21-24,30-31,35,39,41,45,47-51,53-54,56-69H2,1-3H3/b10-7-,11-8-,19-16-,20-17-,28-25-,29-26-,34-32-,37-36-,38-33-,42-40-,44-27-,46-43-,55-52-. The van der Waals surface area contributed by atoms with Gasteiger partial charge in [0.15, 0.2) is 6.10 Å². The maximum Gasteiger partial charge on any atom is 0.306 e. The predicted octanol–water partition coefficient (Wildman–Crippen LogP) is 22.1. The lowest BCUT2D eigenvalue weighted by atomic mass is 10.1. The Labute approximate surface area is 486 Å². The lowest BCUT2D eigenvalue weighted by Crippen LogP contribution is -2.30. The van der Waals surface area contributed by atoms with Gasteiger partial charge < -0.3 is 14.2 Å². The summed E-state index contributed by atoms with van der Waals surface area (Å²) in [7, 11) is 0. The van der Waals surface area contributed by atoms with Crippen LogP contribution in [0.25, 0.3) is 0 Å². The van der Waals surface area contributed by atoms with Crippen LogP contribution in [-0.2, 0) is 28.6 Å². The fourth-order valence-electron chi connectivity index (χ4n) is 8.27. The molecule has 0 aromatic heterocycles. The molecule has 0 aliphatic rings. The van der Waals surface area contributed by atoms with E-state index in [1.54, 1.807) is 0 Å². The van der Waals surface area contributed by atoms with Crippen molar-refractivity contribution >= 4 is 17.9 Å². The molecule has 0 radical (unpaired) electrons. The lowest BCUT2D eigenvalue weighted by Gasteiger charge is -2.18. The number of hydrogen-bond donors (Lipinski definition) is 0. The highest BCUT2D eigenvalue weighted by molar-refractivity contribution is 5.71. The summed E-state index contributed by atoms with van der Waals surface area (Å²) in [6, 6.07) is 0. The Kier molecular flexibility index (Phi) is 61.4. The third kappa shape index (κ3) is 63.7. The van der Waals surface area contributed by atoms with E-state index < -0.39 is 6.10 Å². The zero-order valence-electron chi connectivity index (χ0n) is 50.8. The van der Waals surface area contributed by atoms with E-state index in [0.717, 1.165) is 154 Å². The van der Waals surface area contributed by atoms with Crippen LogP contribution in [0.3, 0.4) is 0 Å². The van der Waals surface area contributed by atoms with Crippen molar-refractivity contribution in [1.29, 1.82) is 0 Å². The summed E-state index contributed by atoms with van der Waals surface area (Å²) in [5.74, 6) is -0.980. The third-order valence-corrected chi connectivity index (χ3v) is 13.0. The first kappa shape index (κ1) is 74.0. The minimum Gasteiger partial charge on any atom is -0.462 e. The molecule has 1 atom stereocenters. The Bertz CT molecular complexity index is 1780. The normalized spacial score (nSPS) is 13.2. The number of ether oxygens (including phenoxy) is 3. The van der Waals surface area contributed by atoms with Gasteiger partial charge in [0.25, 0.3) is 0 Å². The zero-order chi connectivity index (χ0) is 57.1. The van der Waals surface area contributed by atoms with Gasteiger partial charge in [0.05, 0.1) is 0 Å². The molecule has 0 saturated heterocycles. The van der Waals surface area contributed by atoms with Crippen LogP contribution >= 0.6 is 0 Å². The molecular formula is C73H116O6. The van der Waals surface area contributed by atoms with Crippen LogP contribution in [0.15, 0.2) is 158 Å². The Balaban J connectivity index is 4.51. The van der Waals surface area contributed by atoms with Crippen molar-refractivity contribution in [2.45, 2.75) is 271 Å². The van der Waals surface area contributed by atoms with E-state index in [9.17, 15) is 14.4 Å². The van der Waals surface area contributed by atoms with Gasteiger partial charge in [-0.05, 0) is 148 Å². The summed E-state index contributed by atoms with van der Waals surface area (Å²) >= 11 is 0. The first-order valence-corrected chi connectivity index (χ1v) is 32.0. The number of esters is 3. The van der Waals surface area contributed by atoms with Crippen molar-refractivity contribution in [2.75, 3.05) is 13.2 Å². The molecule has 0 heterocycles. The molecule has 0 bridgehead atoms. The molecule has 444 valence electrons. The van der Waals surface area contributed by atoms with E-state index in [4.69, 9.17) is 14.2 Å². The van der Waals surface area contributed by atoms with Crippen LogP contribution in [0.2, 0.25) is 0 Å². The van der Waals surface area contributed by atoms with Crippen LogP contribution in [0, 0.1) is 0 Å². The van der Waals surface area contributed by atoms with E-state index in [2.05, 4.69) is 179 Å². The highest BCUT2D eigenvalue weighted by Crippen LogP contribution is 2.14. The monoisotopic (exact) mass is 1090 g/mol. The molecule has 1 unspecified atom stereocenters. The zero-order valence-corrected chi connectivity index (χ0v) is 50.8. The quantitative estimate of drug-likeness (QED) is 0.0261. The lowest BCUT2D eigenvalue weighted by molar-refractivity contribution is -0.167. The van der Waals surface area contributed by atoms with Gasteiger partial charge in [-0.3, -0.25) is 14.4 Å². The summed E-state index contributed by atoms with van der Waals surface area (Å²) in [4.78, 5) is 38.3. The van der Waals surface area contributed by atoms with E-state index in [1.807, 2.05) is 0 Å². The van der Waals surface area contributed by atoms with Crippen LogP contribution in [0.1, 0.15) is 265 Å². The van der Waals surface area contributed by atoms with E-state index in [-0.39, 0.29) is 37.5 Å². The van der Waals surface area contributed by atoms with Crippen molar-refractivity contribution in [3.05, 3.63) is 158 Å². The average molecular weight is 1090 g/mol. The number of rotatable bonds is 56. The molecule has 6 nitrogen and oxygen atoms in total. The Morgan fingerprint density at radius 2 is 0.494 bits per heavy atom. The van der Waals surface area contributed by atoms with E-state index in [1.165, 1.54) is 64.2 Å². The summed E-state index contributed by atoms with van der Waals surface area (Å²) in [6.45, 7) is 6.35. The van der Waals surface area contributed by atoms with E-state index >= 15 is 0 Å². The summed E-state index contributed by atoms with van der Waals surface area (Å²) in [5.41, 5.74) is 0. The molecule has 0 fully saturated rings. The van der Waals surface area contributed by atoms with Gasteiger partial charge in [-0.1, -0.05) is 256 Å². The molecule has 0 aliphatic carbocycles. The molecule has 0 aromatic carbocycles. The molecule has 0 amide bonds. The summed E-state index contributed by atoms with van der Waals surface area (Å²) < 4.78 is 16.9. The molecular weight excluding hydrogens is 973 g/mol. The average Bonchev–Trinajstić information content (AvgIpc) is 3.45. The molecule has 6 heteroatoms. The van der Waals surface area contributed by atoms with Gasteiger partial charge >= 0.3 is 17.9 Å². The van der Waals surface area contributed by atoms with Gasteiger partial charge in [-0.25, -0.2) is 0 Å². The van der Waals surface area contributed by atoms with Crippen LogP contribution in [0.5, 0.6) is 0 Å². The minimum atomic E-state index is -0.820. The number of unbranched alkanes of at least 4 members (excludes halogenated alkanes) is 19. The largest absolute Gasteiger partial charge is 0.462 e. The van der Waals surface area contributed by atoms with Crippen LogP contribution in [0.4, 0.5) is 0 Å². The SMILES string of the molecule is CC/C=C\C/C=C\C/C=C\C/C=C\C/C=C\C/C=C\CCCCCCCCC(=O)OCC(COC(=O)CCCCCCC/C=C\CCCCCCCC)OC(=O)CCCC/C=C\C/C=C\C/C=C\C/C=C\C/C=C\C/C=C\CC. The maximum absolute atomic E-state index is 12.9. The van der Waals surface area contributed by atoms with Gasteiger partial charge in [0.1, 0.15) is 13.2 Å². The van der Waals surface area contributed by atoms with Crippen LogP contribution in [-0.4, -0.2) is 37.2 Å². The Morgan fingerprint density at radius 1 is 0.266 bits per heavy atom. The summed E-state index contributed by atoms with van der Waals surface area (Å²) in [6.07, 6.45) is 95.3. The second-order valence-corrected chi connectivity index (χ2v) is 20.5. The number of hydrogen-bond acceptors (Lipinski definition) is 6. The van der Waals surface area contributed by atoms with Crippen molar-refractivity contribution < 1.29 is 28.6 Å². The Hall–Kier alpha value is -4.97. The van der Waals surface area contributed by atoms with Gasteiger partial charge in [-0.15, -0.1) is 0 Å². The summed E-state index contributed by atoms with van der Waals surface area (Å²) in [5, 5.41) is 0. The third-order valence-electron chi connectivity index (χ3n) is 13.0. The molecule has 0 aliphatic heterocycles. The number of carbonyl (C=O) groups excluding carboxylic acids is 3. The fourth-order valence-corrected chi connectivity index (χ4v) is 8.27. The molecule has 0 aromatic rings. The van der Waals surface area contributed by atoms with Crippen molar-refractivity contribution in [3.63, 3.8) is 0 Å². The van der Waals surface area contributed by atoms with Crippen LogP contribution < -0.4 is 0 Å². The fraction of sp³-hybridized carbons (Fsp3) is 0.603. The first-order valence-electron chi connectivity index (χ1n) is 32.0. The molecule has 79 heavy (non-hydrogen) atoms. The van der Waals surface area contributed by atoms with Gasteiger partial charge in [-0.2, -0.15) is 0 Å². The first-order chi connectivity index (χ1) is 39.0. The smallest absolute Gasteiger partial charge is 0.306 e. The highest BCUT2D eigenvalue weighted by atomic mass is 16.6. The van der Waals surface area contributed by atoms with Gasteiger partial charge in [0.2, 0.25) is 0 Å².